The Hall–Kier alpha value is -2.63. The van der Waals surface area contributed by atoms with Crippen LogP contribution in [-0.2, 0) is 6.54 Å². The molecule has 0 aliphatic heterocycles. The average Bonchev–Trinajstić information content (AvgIpc) is 3.06. The third kappa shape index (κ3) is 4.47. The third-order valence-electron chi connectivity index (χ3n) is 3.51. The maximum atomic E-state index is 12.5. The molecule has 1 aromatic heterocycles. The minimum atomic E-state index is -0.258. The van der Waals surface area contributed by atoms with Gasteiger partial charge in [-0.05, 0) is 36.4 Å². The number of carbonyl (C=O) groups is 2. The largest absolute Gasteiger partial charge is 0.347 e. The number of thiophene rings is 1. The molecule has 6 heteroatoms. The minimum Gasteiger partial charge on any atom is -0.347 e. The molecule has 3 aromatic rings. The molecule has 0 atom stereocenters. The van der Waals surface area contributed by atoms with Crippen LogP contribution in [-0.4, -0.2) is 11.8 Å². The van der Waals surface area contributed by atoms with Gasteiger partial charge in [0.25, 0.3) is 11.8 Å². The van der Waals surface area contributed by atoms with Gasteiger partial charge >= 0.3 is 0 Å². The first-order chi connectivity index (χ1) is 12.1. The number of rotatable bonds is 5. The van der Waals surface area contributed by atoms with Gasteiger partial charge in [-0.3, -0.25) is 9.59 Å². The molecule has 0 radical (unpaired) electrons. The van der Waals surface area contributed by atoms with Crippen molar-refractivity contribution in [1.29, 1.82) is 0 Å². The Balaban J connectivity index is 1.71. The van der Waals surface area contributed by atoms with E-state index in [2.05, 4.69) is 10.6 Å². The second-order valence-corrected chi connectivity index (χ2v) is 7.05. The zero-order valence-electron chi connectivity index (χ0n) is 13.2. The lowest BCUT2D eigenvalue weighted by Crippen LogP contribution is -2.24. The number of para-hydroxylation sites is 1. The average molecular weight is 371 g/mol. The van der Waals surface area contributed by atoms with Gasteiger partial charge in [0.1, 0.15) is 0 Å². The monoisotopic (exact) mass is 370 g/mol. The number of amides is 2. The first-order valence-electron chi connectivity index (χ1n) is 7.61. The van der Waals surface area contributed by atoms with Gasteiger partial charge in [0.15, 0.2) is 0 Å². The van der Waals surface area contributed by atoms with Gasteiger partial charge in [-0.1, -0.05) is 41.9 Å². The SMILES string of the molecule is O=C(Nc1ccccc1C(=O)NCc1ccc(Cl)s1)c1ccccc1. The standard InChI is InChI=1S/C19H15ClN2O2S/c20-17-11-10-14(25-17)12-21-19(24)15-8-4-5-9-16(15)22-18(23)13-6-2-1-3-7-13/h1-11H,12H2,(H,21,24)(H,22,23). The molecule has 0 fully saturated rings. The summed E-state index contributed by atoms with van der Waals surface area (Å²) in [4.78, 5) is 25.8. The highest BCUT2D eigenvalue weighted by atomic mass is 35.5. The topological polar surface area (TPSA) is 58.2 Å². The summed E-state index contributed by atoms with van der Waals surface area (Å²) >= 11 is 7.31. The molecule has 0 unspecified atom stereocenters. The lowest BCUT2D eigenvalue weighted by atomic mass is 10.1. The van der Waals surface area contributed by atoms with Crippen molar-refractivity contribution in [3.63, 3.8) is 0 Å². The van der Waals surface area contributed by atoms with E-state index in [1.807, 2.05) is 12.1 Å². The van der Waals surface area contributed by atoms with E-state index >= 15 is 0 Å². The zero-order valence-corrected chi connectivity index (χ0v) is 14.7. The van der Waals surface area contributed by atoms with Gasteiger partial charge in [-0.2, -0.15) is 0 Å². The molecule has 0 saturated carbocycles. The van der Waals surface area contributed by atoms with Gasteiger partial charge in [-0.25, -0.2) is 0 Å². The van der Waals surface area contributed by atoms with Gasteiger partial charge < -0.3 is 10.6 Å². The number of carbonyl (C=O) groups excluding carboxylic acids is 2. The van der Waals surface area contributed by atoms with Crippen molar-refractivity contribution in [3.05, 3.63) is 87.1 Å². The number of benzene rings is 2. The summed E-state index contributed by atoms with van der Waals surface area (Å²) < 4.78 is 0.680. The van der Waals surface area contributed by atoms with E-state index < -0.39 is 0 Å². The fraction of sp³-hybridized carbons (Fsp3) is 0.0526. The quantitative estimate of drug-likeness (QED) is 0.690. The van der Waals surface area contributed by atoms with E-state index in [4.69, 9.17) is 11.6 Å². The van der Waals surface area contributed by atoms with Crippen LogP contribution in [0.4, 0.5) is 5.69 Å². The smallest absolute Gasteiger partial charge is 0.255 e. The summed E-state index contributed by atoms with van der Waals surface area (Å²) in [5.41, 5.74) is 1.42. The second-order valence-electron chi connectivity index (χ2n) is 5.25. The zero-order chi connectivity index (χ0) is 17.6. The Bertz CT molecular complexity index is 893. The molecule has 0 saturated heterocycles. The lowest BCUT2D eigenvalue weighted by Gasteiger charge is -2.11. The predicted molar refractivity (Wildman–Crippen MR) is 101 cm³/mol. The molecule has 1 heterocycles. The molecule has 2 amide bonds. The summed E-state index contributed by atoms with van der Waals surface area (Å²) in [6, 6.07) is 19.4. The Morgan fingerprint density at radius 2 is 1.60 bits per heavy atom. The van der Waals surface area contributed by atoms with E-state index in [0.29, 0.717) is 27.7 Å². The number of nitrogens with one attached hydrogen (secondary N) is 2. The van der Waals surface area contributed by atoms with E-state index in [9.17, 15) is 9.59 Å². The van der Waals surface area contributed by atoms with Crippen LogP contribution in [0.25, 0.3) is 0 Å². The Morgan fingerprint density at radius 1 is 0.880 bits per heavy atom. The maximum Gasteiger partial charge on any atom is 0.255 e. The van der Waals surface area contributed by atoms with Crippen molar-refractivity contribution in [2.24, 2.45) is 0 Å². The lowest BCUT2D eigenvalue weighted by molar-refractivity contribution is 0.0952. The van der Waals surface area contributed by atoms with Gasteiger partial charge in [0.2, 0.25) is 0 Å². The number of anilines is 1. The molecule has 2 N–H and O–H groups in total. The fourth-order valence-electron chi connectivity index (χ4n) is 2.28. The first kappa shape index (κ1) is 17.2. The highest BCUT2D eigenvalue weighted by Gasteiger charge is 2.14. The van der Waals surface area contributed by atoms with E-state index in [-0.39, 0.29) is 11.8 Å². The number of hydrogen-bond donors (Lipinski definition) is 2. The highest BCUT2D eigenvalue weighted by molar-refractivity contribution is 7.16. The van der Waals surface area contributed by atoms with Crippen LogP contribution in [0, 0.1) is 0 Å². The van der Waals surface area contributed by atoms with Gasteiger partial charge in [0, 0.05) is 10.4 Å². The van der Waals surface area contributed by atoms with Gasteiger partial charge in [0.05, 0.1) is 22.1 Å². The van der Waals surface area contributed by atoms with Crippen molar-refractivity contribution in [2.75, 3.05) is 5.32 Å². The van der Waals surface area contributed by atoms with Crippen LogP contribution in [0.15, 0.2) is 66.7 Å². The molecule has 0 aliphatic rings. The summed E-state index contributed by atoms with van der Waals surface area (Å²) in [5, 5.41) is 5.64. The van der Waals surface area contributed by atoms with Gasteiger partial charge in [-0.15, -0.1) is 11.3 Å². The predicted octanol–water partition coefficient (Wildman–Crippen LogP) is 4.58. The Labute approximate surface area is 154 Å². The third-order valence-corrected chi connectivity index (χ3v) is 4.74. The van der Waals surface area contributed by atoms with E-state index in [0.717, 1.165) is 4.88 Å². The molecule has 0 spiro atoms. The van der Waals surface area contributed by atoms with Crippen LogP contribution in [0.1, 0.15) is 25.6 Å². The van der Waals surface area contributed by atoms with Crippen LogP contribution < -0.4 is 10.6 Å². The van der Waals surface area contributed by atoms with Crippen molar-refractivity contribution in [1.82, 2.24) is 5.32 Å². The molecular weight excluding hydrogens is 356 g/mol. The van der Waals surface area contributed by atoms with E-state index in [1.54, 1.807) is 54.6 Å². The molecule has 2 aromatic carbocycles. The van der Waals surface area contributed by atoms with Crippen LogP contribution in [0.2, 0.25) is 4.34 Å². The summed E-state index contributed by atoms with van der Waals surface area (Å²) in [6.07, 6.45) is 0. The minimum absolute atomic E-state index is 0.256. The van der Waals surface area contributed by atoms with Crippen LogP contribution in [0.3, 0.4) is 0 Å². The first-order valence-corrected chi connectivity index (χ1v) is 8.81. The summed E-state index contributed by atoms with van der Waals surface area (Å²) in [5.74, 6) is -0.514. The molecule has 3 rings (SSSR count). The molecule has 0 aliphatic carbocycles. The molecule has 25 heavy (non-hydrogen) atoms. The normalized spacial score (nSPS) is 10.3. The summed E-state index contributed by atoms with van der Waals surface area (Å²) in [6.45, 7) is 0.386. The van der Waals surface area contributed by atoms with Crippen LogP contribution in [0.5, 0.6) is 0 Å². The second kappa shape index (κ2) is 7.96. The van der Waals surface area contributed by atoms with Crippen LogP contribution >= 0.6 is 22.9 Å². The molecular formula is C19H15ClN2O2S. The van der Waals surface area contributed by atoms with Crippen molar-refractivity contribution in [2.45, 2.75) is 6.54 Å². The molecule has 4 nitrogen and oxygen atoms in total. The fourth-order valence-corrected chi connectivity index (χ4v) is 3.31. The summed E-state index contributed by atoms with van der Waals surface area (Å²) in [7, 11) is 0. The maximum absolute atomic E-state index is 12.5. The number of hydrogen-bond acceptors (Lipinski definition) is 3. The van der Waals surface area contributed by atoms with Crippen molar-refractivity contribution in [3.8, 4) is 0 Å². The Kier molecular flexibility index (Phi) is 5.48. The molecule has 0 bridgehead atoms. The Morgan fingerprint density at radius 3 is 2.32 bits per heavy atom. The highest BCUT2D eigenvalue weighted by Crippen LogP contribution is 2.21. The molecule has 126 valence electrons. The van der Waals surface area contributed by atoms with E-state index in [1.165, 1.54) is 11.3 Å². The number of halogens is 1. The van der Waals surface area contributed by atoms with Crippen molar-refractivity contribution < 1.29 is 9.59 Å². The van der Waals surface area contributed by atoms with Crippen molar-refractivity contribution >= 4 is 40.4 Å².